The summed E-state index contributed by atoms with van der Waals surface area (Å²) in [5.41, 5.74) is 1.38. The maximum atomic E-state index is 11.6. The van der Waals surface area contributed by atoms with Crippen molar-refractivity contribution in [3.63, 3.8) is 0 Å². The third-order valence-electron chi connectivity index (χ3n) is 4.16. The molecule has 0 radical (unpaired) electrons. The zero-order valence-electron chi connectivity index (χ0n) is 11.2. The lowest BCUT2D eigenvalue weighted by Crippen LogP contribution is -2.42. The average Bonchev–Trinajstić information content (AvgIpc) is 3.06. The van der Waals surface area contributed by atoms with Gasteiger partial charge in [0, 0.05) is 20.1 Å². The van der Waals surface area contributed by atoms with Gasteiger partial charge in [-0.2, -0.15) is 11.3 Å². The first-order valence-electron chi connectivity index (χ1n) is 6.86. The van der Waals surface area contributed by atoms with Crippen LogP contribution in [-0.2, 0) is 16.1 Å². The van der Waals surface area contributed by atoms with Gasteiger partial charge in [0.25, 0.3) is 0 Å². The number of rotatable bonds is 3. The first-order valence-corrected chi connectivity index (χ1v) is 7.81. The second-order valence-electron chi connectivity index (χ2n) is 5.43. The largest absolute Gasteiger partial charge is 0.364 e. The van der Waals surface area contributed by atoms with Crippen LogP contribution in [0.1, 0.15) is 18.4 Å². The molecule has 4 nitrogen and oxygen atoms in total. The third kappa shape index (κ3) is 2.83. The van der Waals surface area contributed by atoms with Crippen molar-refractivity contribution in [1.29, 1.82) is 0 Å². The fourth-order valence-electron chi connectivity index (χ4n) is 3.11. The lowest BCUT2D eigenvalue weighted by atomic mass is 9.91. The number of fused-ring (bicyclic) bond motifs is 1. The van der Waals surface area contributed by atoms with Crippen molar-refractivity contribution in [3.8, 4) is 0 Å². The number of likely N-dealkylation sites (N-methyl/N-ethyl adjacent to an activating group) is 1. The average molecular weight is 280 g/mol. The summed E-state index contributed by atoms with van der Waals surface area (Å²) in [6.07, 6.45) is 2.02. The summed E-state index contributed by atoms with van der Waals surface area (Å²) >= 11 is 1.74. The molecule has 0 aliphatic carbocycles. The molecule has 2 saturated heterocycles. The highest BCUT2D eigenvalue weighted by atomic mass is 32.1. The van der Waals surface area contributed by atoms with Crippen LogP contribution in [0.5, 0.6) is 0 Å². The van der Waals surface area contributed by atoms with Crippen molar-refractivity contribution in [3.05, 3.63) is 22.4 Å². The molecule has 0 aromatic carbocycles. The van der Waals surface area contributed by atoms with Crippen LogP contribution in [0.25, 0.3) is 0 Å². The summed E-state index contributed by atoms with van der Waals surface area (Å²) in [6.45, 7) is 3.07. The topological polar surface area (TPSA) is 41.6 Å². The number of thiophene rings is 1. The number of hydrogen-bond donors (Lipinski definition) is 1. The molecule has 3 atom stereocenters. The fourth-order valence-corrected chi connectivity index (χ4v) is 3.77. The molecule has 1 aromatic heterocycles. The summed E-state index contributed by atoms with van der Waals surface area (Å²) in [4.78, 5) is 14.1. The molecule has 5 heteroatoms. The van der Waals surface area contributed by atoms with E-state index in [9.17, 15) is 4.79 Å². The minimum absolute atomic E-state index is 0.0267. The van der Waals surface area contributed by atoms with E-state index in [4.69, 9.17) is 4.74 Å². The van der Waals surface area contributed by atoms with Crippen LogP contribution in [0.2, 0.25) is 0 Å². The van der Waals surface area contributed by atoms with E-state index < -0.39 is 0 Å². The van der Waals surface area contributed by atoms with Crippen LogP contribution in [0, 0.1) is 5.92 Å². The summed E-state index contributed by atoms with van der Waals surface area (Å²) in [5, 5.41) is 7.01. The number of piperidine rings is 1. The third-order valence-corrected chi connectivity index (χ3v) is 4.89. The molecule has 2 aliphatic rings. The number of likely N-dealkylation sites (tertiary alicyclic amines) is 1. The van der Waals surface area contributed by atoms with Crippen molar-refractivity contribution >= 4 is 17.2 Å². The Hall–Kier alpha value is -0.910. The molecule has 3 heterocycles. The predicted molar refractivity (Wildman–Crippen MR) is 75.0 cm³/mol. The Balaban J connectivity index is 1.57. The molecule has 104 valence electrons. The number of carbonyl (C=O) groups is 1. The zero-order chi connectivity index (χ0) is 13.2. The highest BCUT2D eigenvalue weighted by Crippen LogP contribution is 2.33. The molecular weight excluding hydrogens is 260 g/mol. The number of carbonyl (C=O) groups excluding carboxylic acids is 1. The molecule has 1 aromatic rings. The molecule has 1 N–H and O–H groups in total. The monoisotopic (exact) mass is 280 g/mol. The van der Waals surface area contributed by atoms with Crippen molar-refractivity contribution in [2.24, 2.45) is 5.92 Å². The molecule has 0 bridgehead atoms. The molecule has 0 spiro atoms. The van der Waals surface area contributed by atoms with Gasteiger partial charge in [-0.25, -0.2) is 0 Å². The van der Waals surface area contributed by atoms with Crippen LogP contribution in [0.3, 0.4) is 0 Å². The first kappa shape index (κ1) is 13.1. The van der Waals surface area contributed by atoms with E-state index in [1.807, 2.05) is 0 Å². The van der Waals surface area contributed by atoms with Crippen LogP contribution >= 0.6 is 11.3 Å². The molecule has 19 heavy (non-hydrogen) atoms. The van der Waals surface area contributed by atoms with Gasteiger partial charge in [0.2, 0.25) is 5.91 Å². The lowest BCUT2D eigenvalue weighted by molar-refractivity contribution is -0.132. The van der Waals surface area contributed by atoms with Crippen LogP contribution in [0.15, 0.2) is 16.8 Å². The van der Waals surface area contributed by atoms with Crippen LogP contribution < -0.4 is 5.32 Å². The Morgan fingerprint density at radius 1 is 1.63 bits per heavy atom. The van der Waals surface area contributed by atoms with E-state index in [0.717, 1.165) is 32.5 Å². The summed E-state index contributed by atoms with van der Waals surface area (Å²) in [5.74, 6) is 0.583. The molecule has 2 aliphatic heterocycles. The van der Waals surface area contributed by atoms with Gasteiger partial charge in [-0.05, 0) is 47.7 Å². The number of ether oxygens (including phenoxy) is 1. The Kier molecular flexibility index (Phi) is 3.86. The van der Waals surface area contributed by atoms with Gasteiger partial charge in [-0.15, -0.1) is 0 Å². The zero-order valence-corrected chi connectivity index (χ0v) is 12.0. The quantitative estimate of drug-likeness (QED) is 0.912. The molecule has 1 amide bonds. The summed E-state index contributed by atoms with van der Waals surface area (Å²) in [7, 11) is 1.68. The number of nitrogens with one attached hydrogen (secondary N) is 1. The normalized spacial score (nSPS) is 31.1. The molecule has 2 fully saturated rings. The van der Waals surface area contributed by atoms with E-state index >= 15 is 0 Å². The number of hydrogen-bond acceptors (Lipinski definition) is 4. The van der Waals surface area contributed by atoms with Gasteiger partial charge in [0.05, 0.1) is 6.10 Å². The van der Waals surface area contributed by atoms with Gasteiger partial charge >= 0.3 is 0 Å². The Morgan fingerprint density at radius 3 is 3.26 bits per heavy atom. The predicted octanol–water partition coefficient (Wildman–Crippen LogP) is 1.47. The lowest BCUT2D eigenvalue weighted by Gasteiger charge is -2.33. The van der Waals surface area contributed by atoms with E-state index in [1.54, 1.807) is 18.4 Å². The highest BCUT2D eigenvalue weighted by molar-refractivity contribution is 7.07. The fraction of sp³-hybridized carbons (Fsp3) is 0.643. The standard InChI is InChI=1S/C14H20N2O2S/c1-15-14(17)12-6-11-2-4-16(8-13(11)18-12)7-10-3-5-19-9-10/h3,5,9,11-13H,2,4,6-8H2,1H3,(H,15,17)/t11-,12+,13+/m1/s1. The minimum Gasteiger partial charge on any atom is -0.364 e. The second-order valence-corrected chi connectivity index (χ2v) is 6.21. The number of amides is 1. The Bertz CT molecular complexity index is 435. The number of nitrogens with zero attached hydrogens (tertiary/aromatic N) is 1. The molecule has 3 rings (SSSR count). The van der Waals surface area contributed by atoms with Crippen molar-refractivity contribution in [2.45, 2.75) is 31.6 Å². The SMILES string of the molecule is CNC(=O)[C@@H]1C[C@H]2CCN(Cc3ccsc3)C[C@@H]2O1. The Morgan fingerprint density at radius 2 is 2.53 bits per heavy atom. The Labute approximate surface area is 117 Å². The van der Waals surface area contributed by atoms with Crippen molar-refractivity contribution in [1.82, 2.24) is 10.2 Å². The van der Waals surface area contributed by atoms with Gasteiger partial charge in [0.15, 0.2) is 0 Å². The van der Waals surface area contributed by atoms with Crippen LogP contribution in [-0.4, -0.2) is 43.2 Å². The van der Waals surface area contributed by atoms with E-state index in [0.29, 0.717) is 5.92 Å². The van der Waals surface area contributed by atoms with E-state index in [1.165, 1.54) is 5.56 Å². The van der Waals surface area contributed by atoms with Crippen molar-refractivity contribution in [2.75, 3.05) is 20.1 Å². The van der Waals surface area contributed by atoms with Gasteiger partial charge in [-0.3, -0.25) is 9.69 Å². The van der Waals surface area contributed by atoms with Gasteiger partial charge in [-0.1, -0.05) is 0 Å². The summed E-state index contributed by atoms with van der Waals surface area (Å²) < 4.78 is 5.92. The van der Waals surface area contributed by atoms with E-state index in [-0.39, 0.29) is 18.1 Å². The highest BCUT2D eigenvalue weighted by Gasteiger charge is 2.41. The second kappa shape index (κ2) is 5.61. The van der Waals surface area contributed by atoms with Crippen LogP contribution in [0.4, 0.5) is 0 Å². The maximum absolute atomic E-state index is 11.6. The molecular formula is C14H20N2O2S. The molecule has 0 saturated carbocycles. The minimum atomic E-state index is -0.235. The van der Waals surface area contributed by atoms with E-state index in [2.05, 4.69) is 27.0 Å². The first-order chi connectivity index (χ1) is 9.26. The summed E-state index contributed by atoms with van der Waals surface area (Å²) in [6, 6.07) is 2.18. The smallest absolute Gasteiger partial charge is 0.248 e. The van der Waals surface area contributed by atoms with Gasteiger partial charge in [0.1, 0.15) is 6.10 Å². The molecule has 0 unspecified atom stereocenters. The van der Waals surface area contributed by atoms with Gasteiger partial charge < -0.3 is 10.1 Å². The van der Waals surface area contributed by atoms with Crippen molar-refractivity contribution < 1.29 is 9.53 Å². The maximum Gasteiger partial charge on any atom is 0.248 e.